The molecule has 1 fully saturated rings. The van der Waals surface area contributed by atoms with Crippen molar-refractivity contribution in [1.29, 1.82) is 0 Å². The van der Waals surface area contributed by atoms with Gasteiger partial charge in [-0.05, 0) is 86.3 Å². The van der Waals surface area contributed by atoms with Gasteiger partial charge in [0.1, 0.15) is 0 Å². The number of carbonyl (C=O) groups excluding carboxylic acids is 1. The summed E-state index contributed by atoms with van der Waals surface area (Å²) in [5.41, 5.74) is 4.77. The van der Waals surface area contributed by atoms with Crippen LogP contribution in [0.3, 0.4) is 0 Å². The van der Waals surface area contributed by atoms with Crippen LogP contribution < -0.4 is 4.90 Å². The smallest absolute Gasteiger partial charge is 0.266 e. The number of rotatable bonds is 3. The highest BCUT2D eigenvalue weighted by molar-refractivity contribution is 8.18. The summed E-state index contributed by atoms with van der Waals surface area (Å²) in [6.07, 6.45) is 3.12. The van der Waals surface area contributed by atoms with Gasteiger partial charge >= 0.3 is 0 Å². The summed E-state index contributed by atoms with van der Waals surface area (Å²) in [7, 11) is 1.79. The monoisotopic (exact) mass is 419 g/mol. The van der Waals surface area contributed by atoms with Crippen molar-refractivity contribution < 1.29 is 4.79 Å². The molecule has 2 aromatic rings. The Balaban J connectivity index is 1.65. The number of para-hydroxylation sites is 1. The van der Waals surface area contributed by atoms with Gasteiger partial charge in [0.15, 0.2) is 5.17 Å². The standard InChI is InChI=1S/C25H29N3OS/c1-6-28-21-13-12-18(14-20(21)17(2)16-25(28,3)4)15-22-23(29)27(5)24(30-22)26-19-10-8-7-9-11-19/h7-15,17H,6,16H2,1-5H3/b22-15-,26-24?/t17-/m1/s1. The highest BCUT2D eigenvalue weighted by atomic mass is 32.2. The third kappa shape index (κ3) is 3.79. The lowest BCUT2D eigenvalue weighted by molar-refractivity contribution is -0.121. The van der Waals surface area contributed by atoms with E-state index in [9.17, 15) is 4.79 Å². The summed E-state index contributed by atoms with van der Waals surface area (Å²) in [6.45, 7) is 10.2. The summed E-state index contributed by atoms with van der Waals surface area (Å²) in [5.74, 6) is 0.484. The summed E-state index contributed by atoms with van der Waals surface area (Å²) in [4.78, 5) is 22.3. The van der Waals surface area contributed by atoms with Crippen molar-refractivity contribution in [2.24, 2.45) is 4.99 Å². The van der Waals surface area contributed by atoms with E-state index in [1.54, 1.807) is 11.9 Å². The Morgan fingerprint density at radius 3 is 2.63 bits per heavy atom. The minimum Gasteiger partial charge on any atom is -0.366 e. The number of hydrogen-bond donors (Lipinski definition) is 0. The van der Waals surface area contributed by atoms with Gasteiger partial charge in [0.05, 0.1) is 10.6 Å². The molecule has 2 aliphatic rings. The molecule has 4 nitrogen and oxygen atoms in total. The fraction of sp³-hybridized carbons (Fsp3) is 0.360. The summed E-state index contributed by atoms with van der Waals surface area (Å²) >= 11 is 1.44. The highest BCUT2D eigenvalue weighted by Gasteiger charge is 2.35. The average Bonchev–Trinajstić information content (AvgIpc) is 2.97. The van der Waals surface area contributed by atoms with Crippen LogP contribution in [-0.4, -0.2) is 35.1 Å². The van der Waals surface area contributed by atoms with Crippen molar-refractivity contribution in [1.82, 2.24) is 4.90 Å². The van der Waals surface area contributed by atoms with Crippen molar-refractivity contribution in [3.8, 4) is 0 Å². The number of anilines is 1. The topological polar surface area (TPSA) is 35.9 Å². The number of aliphatic imine (C=N–C) groups is 1. The van der Waals surface area contributed by atoms with Gasteiger partial charge in [-0.2, -0.15) is 0 Å². The molecule has 0 aliphatic carbocycles. The zero-order chi connectivity index (χ0) is 21.5. The van der Waals surface area contributed by atoms with Gasteiger partial charge in [0, 0.05) is 24.8 Å². The molecule has 0 radical (unpaired) electrons. The van der Waals surface area contributed by atoms with E-state index >= 15 is 0 Å². The average molecular weight is 420 g/mol. The van der Waals surface area contributed by atoms with Crippen LogP contribution in [0, 0.1) is 0 Å². The van der Waals surface area contributed by atoms with E-state index < -0.39 is 0 Å². The van der Waals surface area contributed by atoms with E-state index in [4.69, 9.17) is 0 Å². The molecule has 0 N–H and O–H groups in total. The molecular formula is C25H29N3OS. The van der Waals surface area contributed by atoms with Gasteiger partial charge in [0.25, 0.3) is 5.91 Å². The molecule has 30 heavy (non-hydrogen) atoms. The number of thioether (sulfide) groups is 1. The number of carbonyl (C=O) groups is 1. The van der Waals surface area contributed by atoms with E-state index in [0.29, 0.717) is 16.0 Å². The first kappa shape index (κ1) is 20.7. The maximum Gasteiger partial charge on any atom is 0.266 e. The van der Waals surface area contributed by atoms with Crippen LogP contribution in [0.25, 0.3) is 6.08 Å². The van der Waals surface area contributed by atoms with Gasteiger partial charge in [-0.1, -0.05) is 31.2 Å². The number of likely N-dealkylation sites (N-methyl/N-ethyl adjacent to an activating group) is 1. The van der Waals surface area contributed by atoms with E-state index in [1.807, 2.05) is 36.4 Å². The minimum absolute atomic E-state index is 0.00299. The Labute approximate surface area is 183 Å². The van der Waals surface area contributed by atoms with Crippen molar-refractivity contribution in [3.05, 3.63) is 64.6 Å². The van der Waals surface area contributed by atoms with E-state index in [0.717, 1.165) is 24.2 Å². The molecule has 1 amide bonds. The van der Waals surface area contributed by atoms with Gasteiger partial charge in [-0.25, -0.2) is 4.99 Å². The maximum atomic E-state index is 12.8. The van der Waals surface area contributed by atoms with Gasteiger partial charge in [-0.15, -0.1) is 0 Å². The summed E-state index contributed by atoms with van der Waals surface area (Å²) < 4.78 is 0. The largest absolute Gasteiger partial charge is 0.366 e. The first-order valence-corrected chi connectivity index (χ1v) is 11.3. The van der Waals surface area contributed by atoms with E-state index in [-0.39, 0.29) is 11.4 Å². The highest BCUT2D eigenvalue weighted by Crippen LogP contribution is 2.44. The molecule has 2 heterocycles. The molecule has 0 unspecified atom stereocenters. The second kappa shape index (κ2) is 7.95. The first-order chi connectivity index (χ1) is 14.3. The van der Waals surface area contributed by atoms with Crippen LogP contribution in [0.5, 0.6) is 0 Å². The lowest BCUT2D eigenvalue weighted by Crippen LogP contribution is -2.48. The molecule has 5 heteroatoms. The van der Waals surface area contributed by atoms with Crippen molar-refractivity contribution >= 4 is 40.3 Å². The third-order valence-electron chi connectivity index (χ3n) is 6.01. The predicted molar refractivity (Wildman–Crippen MR) is 128 cm³/mol. The number of amidine groups is 1. The molecule has 0 spiro atoms. The Morgan fingerprint density at radius 1 is 1.20 bits per heavy atom. The second-order valence-corrected chi connectivity index (χ2v) is 9.69. The Morgan fingerprint density at radius 2 is 1.93 bits per heavy atom. The molecular weight excluding hydrogens is 390 g/mol. The predicted octanol–water partition coefficient (Wildman–Crippen LogP) is 6.03. The molecule has 2 aliphatic heterocycles. The molecule has 0 aromatic heterocycles. The molecule has 2 aromatic carbocycles. The third-order valence-corrected chi connectivity index (χ3v) is 7.07. The number of amides is 1. The molecule has 0 bridgehead atoms. The SMILES string of the molecule is CCN1c2ccc(/C=C3\SC(=Nc4ccccc4)N(C)C3=O)cc2[C@H](C)CC1(C)C. The fourth-order valence-electron chi connectivity index (χ4n) is 4.61. The van der Waals surface area contributed by atoms with Crippen molar-refractivity contribution in [2.75, 3.05) is 18.5 Å². The summed E-state index contributed by atoms with van der Waals surface area (Å²) in [5, 5.41) is 0.711. The Bertz CT molecular complexity index is 1030. The lowest BCUT2D eigenvalue weighted by atomic mass is 9.79. The number of benzene rings is 2. The van der Waals surface area contributed by atoms with E-state index in [1.165, 1.54) is 23.0 Å². The maximum absolute atomic E-state index is 12.8. The summed E-state index contributed by atoms with van der Waals surface area (Å²) in [6, 6.07) is 16.4. The van der Waals surface area contributed by atoms with Crippen LogP contribution in [0.15, 0.2) is 58.4 Å². The Kier molecular flexibility index (Phi) is 5.49. The van der Waals surface area contributed by atoms with Gasteiger partial charge < -0.3 is 4.90 Å². The van der Waals surface area contributed by atoms with E-state index in [2.05, 4.69) is 55.8 Å². The number of hydrogen-bond acceptors (Lipinski definition) is 4. The minimum atomic E-state index is -0.00299. The van der Waals surface area contributed by atoms with Crippen LogP contribution in [0.1, 0.15) is 51.2 Å². The normalized spacial score (nSPS) is 23.4. The molecule has 156 valence electrons. The quantitative estimate of drug-likeness (QED) is 0.570. The lowest BCUT2D eigenvalue weighted by Gasteiger charge is -2.47. The van der Waals surface area contributed by atoms with Gasteiger partial charge in [0.2, 0.25) is 0 Å². The number of fused-ring (bicyclic) bond motifs is 1. The molecule has 0 saturated carbocycles. The zero-order valence-electron chi connectivity index (χ0n) is 18.3. The van der Waals surface area contributed by atoms with Crippen LogP contribution in [-0.2, 0) is 4.79 Å². The Hall–Kier alpha value is -2.53. The molecule has 1 atom stereocenters. The van der Waals surface area contributed by atoms with Crippen molar-refractivity contribution in [3.63, 3.8) is 0 Å². The molecule has 1 saturated heterocycles. The van der Waals surface area contributed by atoms with Crippen LogP contribution in [0.4, 0.5) is 11.4 Å². The fourth-order valence-corrected chi connectivity index (χ4v) is 5.60. The molecule has 4 rings (SSSR count). The van der Waals surface area contributed by atoms with Crippen LogP contribution >= 0.6 is 11.8 Å². The van der Waals surface area contributed by atoms with Crippen LogP contribution in [0.2, 0.25) is 0 Å². The first-order valence-electron chi connectivity index (χ1n) is 10.5. The second-order valence-electron chi connectivity index (χ2n) is 8.68. The number of nitrogens with zero attached hydrogens (tertiary/aromatic N) is 3. The van der Waals surface area contributed by atoms with Crippen molar-refractivity contribution in [2.45, 2.75) is 45.6 Å². The van der Waals surface area contributed by atoms with Gasteiger partial charge in [-0.3, -0.25) is 9.69 Å². The zero-order valence-corrected chi connectivity index (χ0v) is 19.2.